The van der Waals surface area contributed by atoms with Crippen LogP contribution in [0, 0.1) is 6.92 Å². The third-order valence-corrected chi connectivity index (χ3v) is 5.75. The monoisotopic (exact) mass is 403 g/mol. The highest BCUT2D eigenvalue weighted by molar-refractivity contribution is 8.01. The van der Waals surface area contributed by atoms with Crippen LogP contribution in [0.3, 0.4) is 0 Å². The average Bonchev–Trinajstić information content (AvgIpc) is 2.64. The minimum absolute atomic E-state index is 0.00565. The maximum absolute atomic E-state index is 12.1. The molecule has 0 spiro atoms. The number of hydrogen-bond acceptors (Lipinski definition) is 4. The zero-order valence-electron chi connectivity index (χ0n) is 14.5. The Balaban J connectivity index is 1.50. The summed E-state index contributed by atoms with van der Waals surface area (Å²) in [5.41, 5.74) is 2.11. The van der Waals surface area contributed by atoms with Crippen LogP contribution in [-0.2, 0) is 14.4 Å². The third-order valence-electron chi connectivity index (χ3n) is 4.07. The Morgan fingerprint density at radius 1 is 1.15 bits per heavy atom. The van der Waals surface area contributed by atoms with E-state index in [1.807, 2.05) is 24.3 Å². The summed E-state index contributed by atoms with van der Waals surface area (Å²) >= 11 is 7.37. The van der Waals surface area contributed by atoms with Gasteiger partial charge in [-0.15, -0.1) is 11.8 Å². The highest BCUT2D eigenvalue weighted by Gasteiger charge is 2.28. The van der Waals surface area contributed by atoms with Crippen molar-refractivity contribution in [3.05, 3.63) is 53.1 Å². The van der Waals surface area contributed by atoms with Crippen LogP contribution in [0.5, 0.6) is 0 Å². The first-order valence-corrected chi connectivity index (χ1v) is 9.58. The summed E-state index contributed by atoms with van der Waals surface area (Å²) in [6, 6.07) is 12.6. The number of rotatable bonds is 5. The van der Waals surface area contributed by atoms with Gasteiger partial charge >= 0.3 is 0 Å². The predicted octanol–water partition coefficient (Wildman–Crippen LogP) is 3.21. The van der Waals surface area contributed by atoms with Crippen molar-refractivity contribution in [3.8, 4) is 0 Å². The highest BCUT2D eigenvalue weighted by atomic mass is 35.5. The molecule has 0 aliphatic carbocycles. The van der Waals surface area contributed by atoms with Gasteiger partial charge in [0.2, 0.25) is 17.7 Å². The summed E-state index contributed by atoms with van der Waals surface area (Å²) in [7, 11) is 0. The molecule has 0 saturated heterocycles. The Kier molecular flexibility index (Phi) is 6.03. The molecule has 0 unspecified atom stereocenters. The molecule has 1 heterocycles. The Hall–Kier alpha value is -2.51. The summed E-state index contributed by atoms with van der Waals surface area (Å²) < 4.78 is 0. The molecule has 3 amide bonds. The lowest BCUT2D eigenvalue weighted by atomic mass is 10.2. The van der Waals surface area contributed by atoms with Gasteiger partial charge in [0.1, 0.15) is 0 Å². The van der Waals surface area contributed by atoms with Crippen LogP contribution in [0.1, 0.15) is 12.0 Å². The van der Waals surface area contributed by atoms with Gasteiger partial charge in [-0.3, -0.25) is 14.4 Å². The molecule has 0 radical (unpaired) electrons. The molecule has 0 saturated carbocycles. The average molecular weight is 404 g/mol. The van der Waals surface area contributed by atoms with Crippen LogP contribution in [-0.4, -0.2) is 29.5 Å². The van der Waals surface area contributed by atoms with Gasteiger partial charge in [-0.2, -0.15) is 0 Å². The molecule has 140 valence electrons. The number of fused-ring (bicyclic) bond motifs is 1. The van der Waals surface area contributed by atoms with Gasteiger partial charge in [-0.1, -0.05) is 29.8 Å². The largest absolute Gasteiger partial charge is 0.347 e. The molecule has 8 heteroatoms. The highest BCUT2D eigenvalue weighted by Crippen LogP contribution is 2.36. The number of carbonyl (C=O) groups is 3. The van der Waals surface area contributed by atoms with Crippen molar-refractivity contribution in [1.29, 1.82) is 0 Å². The number of nitrogens with one attached hydrogen (secondary N) is 3. The minimum atomic E-state index is -0.530. The maximum Gasteiger partial charge on any atom is 0.243 e. The lowest BCUT2D eigenvalue weighted by Gasteiger charge is -2.23. The fraction of sp³-hybridized carbons (Fsp3) is 0.211. The molecule has 2 aromatic carbocycles. The molecule has 0 fully saturated rings. The molecule has 6 nitrogen and oxygen atoms in total. The van der Waals surface area contributed by atoms with Crippen LogP contribution in [0.2, 0.25) is 5.02 Å². The van der Waals surface area contributed by atoms with Crippen molar-refractivity contribution in [3.63, 3.8) is 0 Å². The summed E-state index contributed by atoms with van der Waals surface area (Å²) in [6.07, 6.45) is -0.00565. The zero-order valence-corrected chi connectivity index (χ0v) is 16.1. The number of anilines is 2. The first-order valence-electron chi connectivity index (χ1n) is 8.32. The summed E-state index contributed by atoms with van der Waals surface area (Å²) in [5.74, 6) is -0.937. The molecular weight excluding hydrogens is 386 g/mol. The van der Waals surface area contributed by atoms with Crippen molar-refractivity contribution in [2.75, 3.05) is 17.2 Å². The van der Waals surface area contributed by atoms with Gasteiger partial charge in [0.15, 0.2) is 0 Å². The van der Waals surface area contributed by atoms with E-state index in [9.17, 15) is 14.4 Å². The Labute approximate surface area is 166 Å². The zero-order chi connectivity index (χ0) is 19.4. The van der Waals surface area contributed by atoms with E-state index >= 15 is 0 Å². The second-order valence-electron chi connectivity index (χ2n) is 6.03. The van der Waals surface area contributed by atoms with Gasteiger partial charge in [0.05, 0.1) is 17.5 Å². The number of thioether (sulfide) groups is 1. The lowest BCUT2D eigenvalue weighted by molar-refractivity contribution is -0.125. The number of amides is 3. The fourth-order valence-electron chi connectivity index (χ4n) is 2.58. The minimum Gasteiger partial charge on any atom is -0.347 e. The lowest BCUT2D eigenvalue weighted by Crippen LogP contribution is -2.37. The molecule has 0 bridgehead atoms. The van der Waals surface area contributed by atoms with Crippen LogP contribution in [0.4, 0.5) is 11.4 Å². The van der Waals surface area contributed by atoms with E-state index in [1.165, 1.54) is 11.8 Å². The van der Waals surface area contributed by atoms with Crippen LogP contribution >= 0.6 is 23.4 Å². The van der Waals surface area contributed by atoms with Crippen LogP contribution < -0.4 is 16.0 Å². The first kappa shape index (κ1) is 19.3. The van der Waals surface area contributed by atoms with Crippen molar-refractivity contribution in [2.24, 2.45) is 0 Å². The number of benzene rings is 2. The van der Waals surface area contributed by atoms with E-state index in [4.69, 9.17) is 11.6 Å². The molecule has 27 heavy (non-hydrogen) atoms. The summed E-state index contributed by atoms with van der Waals surface area (Å²) in [6.45, 7) is 1.62. The van der Waals surface area contributed by atoms with Gasteiger partial charge in [0, 0.05) is 22.0 Å². The second kappa shape index (κ2) is 8.45. The topological polar surface area (TPSA) is 87.3 Å². The molecule has 3 N–H and O–H groups in total. The molecule has 1 aliphatic rings. The number of halogens is 1. The van der Waals surface area contributed by atoms with Crippen molar-refractivity contribution in [2.45, 2.75) is 23.5 Å². The molecular formula is C19H18ClN3O3S. The quantitative estimate of drug-likeness (QED) is 0.715. The molecule has 3 rings (SSSR count). The predicted molar refractivity (Wildman–Crippen MR) is 107 cm³/mol. The van der Waals surface area contributed by atoms with E-state index in [0.29, 0.717) is 10.7 Å². The summed E-state index contributed by atoms with van der Waals surface area (Å²) in [4.78, 5) is 37.2. The normalized spacial score (nSPS) is 15.5. The van der Waals surface area contributed by atoms with Crippen LogP contribution in [0.15, 0.2) is 47.4 Å². The Bertz CT molecular complexity index is 904. The number of para-hydroxylation sites is 1. The van der Waals surface area contributed by atoms with Crippen molar-refractivity contribution in [1.82, 2.24) is 5.32 Å². The van der Waals surface area contributed by atoms with E-state index in [1.54, 1.807) is 25.1 Å². The molecule has 2 aromatic rings. The second-order valence-corrected chi connectivity index (χ2v) is 7.69. The smallest absolute Gasteiger partial charge is 0.243 e. The third kappa shape index (κ3) is 4.81. The van der Waals surface area contributed by atoms with E-state index in [2.05, 4.69) is 16.0 Å². The summed E-state index contributed by atoms with van der Waals surface area (Å²) in [5, 5.41) is 8.08. The van der Waals surface area contributed by atoms with Crippen molar-refractivity contribution < 1.29 is 14.4 Å². The van der Waals surface area contributed by atoms with Crippen molar-refractivity contribution >= 4 is 52.5 Å². The van der Waals surface area contributed by atoms with Gasteiger partial charge in [-0.25, -0.2) is 0 Å². The molecule has 1 aliphatic heterocycles. The van der Waals surface area contributed by atoms with E-state index < -0.39 is 5.25 Å². The van der Waals surface area contributed by atoms with Crippen LogP contribution in [0.25, 0.3) is 0 Å². The van der Waals surface area contributed by atoms with Gasteiger partial charge < -0.3 is 16.0 Å². The number of carbonyl (C=O) groups excluding carboxylic acids is 3. The Morgan fingerprint density at radius 3 is 2.74 bits per heavy atom. The number of hydrogen-bond donors (Lipinski definition) is 3. The van der Waals surface area contributed by atoms with Gasteiger partial charge in [0.25, 0.3) is 0 Å². The first-order chi connectivity index (χ1) is 12.9. The standard InChI is InChI=1S/C19H18ClN3O3S/c1-11-12(20)5-4-7-13(11)22-18(25)10-21-17(24)9-16-19(26)23-14-6-2-3-8-15(14)27-16/h2-8,16H,9-10H2,1H3,(H,21,24)(H,22,25)(H,23,26)/t16-/m1/s1. The molecule has 1 atom stereocenters. The SMILES string of the molecule is Cc1c(Cl)cccc1NC(=O)CNC(=O)C[C@H]1Sc2ccccc2NC1=O. The Morgan fingerprint density at radius 2 is 1.93 bits per heavy atom. The molecule has 0 aromatic heterocycles. The maximum atomic E-state index is 12.1. The fourth-order valence-corrected chi connectivity index (χ4v) is 3.87. The van der Waals surface area contributed by atoms with E-state index in [-0.39, 0.29) is 30.7 Å². The van der Waals surface area contributed by atoms with Gasteiger partial charge in [-0.05, 0) is 36.8 Å². The van der Waals surface area contributed by atoms with E-state index in [0.717, 1.165) is 16.1 Å².